The zero-order valence-electron chi connectivity index (χ0n) is 13.3. The van der Waals surface area contributed by atoms with Gasteiger partial charge in [-0.3, -0.25) is 0 Å². The van der Waals surface area contributed by atoms with E-state index in [2.05, 4.69) is 31.2 Å². The van der Waals surface area contributed by atoms with Gasteiger partial charge in [0.25, 0.3) is 0 Å². The fraction of sp³-hybridized carbons (Fsp3) is 0.650. The molecule has 2 aliphatic carbocycles. The summed E-state index contributed by atoms with van der Waals surface area (Å²) in [5.41, 5.74) is 2.91. The normalized spacial score (nSPS) is 33.6. The lowest BCUT2D eigenvalue weighted by Crippen LogP contribution is -2.25. The van der Waals surface area contributed by atoms with Crippen LogP contribution in [0.3, 0.4) is 0 Å². The number of hydrogen-bond acceptors (Lipinski definition) is 1. The van der Waals surface area contributed by atoms with Crippen LogP contribution in [0.15, 0.2) is 24.3 Å². The highest BCUT2D eigenvalue weighted by atomic mass is 16.1. The quantitative estimate of drug-likeness (QED) is 0.691. The number of benzene rings is 1. The maximum absolute atomic E-state index is 10.9. The number of carbonyl (C=O) groups is 1. The molecule has 0 aliphatic heterocycles. The third-order valence-electron chi connectivity index (χ3n) is 6.00. The summed E-state index contributed by atoms with van der Waals surface area (Å²) >= 11 is 0. The molecule has 0 amide bonds. The fourth-order valence-electron chi connectivity index (χ4n) is 4.52. The maximum atomic E-state index is 10.9. The third-order valence-corrected chi connectivity index (χ3v) is 6.00. The van der Waals surface area contributed by atoms with Gasteiger partial charge in [0.2, 0.25) is 0 Å². The molecule has 114 valence electrons. The summed E-state index contributed by atoms with van der Waals surface area (Å²) in [6, 6.07) is 9.16. The number of aldehydes is 1. The van der Waals surface area contributed by atoms with Crippen molar-refractivity contribution in [3.63, 3.8) is 0 Å². The van der Waals surface area contributed by atoms with Crippen LogP contribution in [-0.4, -0.2) is 6.29 Å². The van der Waals surface area contributed by atoms with Crippen LogP contribution in [0.2, 0.25) is 0 Å². The van der Waals surface area contributed by atoms with E-state index < -0.39 is 0 Å². The molecule has 0 heterocycles. The van der Waals surface area contributed by atoms with E-state index >= 15 is 0 Å². The number of hydrogen-bond donors (Lipinski definition) is 0. The minimum absolute atomic E-state index is 0.366. The molecule has 3 rings (SSSR count). The first-order valence-corrected chi connectivity index (χ1v) is 8.78. The SMILES string of the molecule is Cc1ccc(C2CCC(C3CCC(C=O)CC3)CC2)cc1. The van der Waals surface area contributed by atoms with Crippen molar-refractivity contribution in [3.8, 4) is 0 Å². The second-order valence-electron chi connectivity index (χ2n) is 7.33. The van der Waals surface area contributed by atoms with Crippen LogP contribution in [0.4, 0.5) is 0 Å². The van der Waals surface area contributed by atoms with Gasteiger partial charge in [0.1, 0.15) is 6.29 Å². The molecule has 0 unspecified atom stereocenters. The Morgan fingerprint density at radius 2 is 1.33 bits per heavy atom. The predicted octanol–water partition coefficient (Wildman–Crippen LogP) is 5.27. The molecule has 0 aromatic heterocycles. The Balaban J connectivity index is 1.51. The molecule has 0 spiro atoms. The van der Waals surface area contributed by atoms with Crippen LogP contribution >= 0.6 is 0 Å². The first kappa shape index (κ1) is 14.8. The van der Waals surface area contributed by atoms with Crippen molar-refractivity contribution in [2.24, 2.45) is 17.8 Å². The molecule has 21 heavy (non-hydrogen) atoms. The smallest absolute Gasteiger partial charge is 0.123 e. The summed E-state index contributed by atoms with van der Waals surface area (Å²) in [6.07, 6.45) is 11.6. The summed E-state index contributed by atoms with van der Waals surface area (Å²) in [5, 5.41) is 0. The molecule has 2 aliphatic rings. The molecule has 1 heteroatoms. The van der Waals surface area contributed by atoms with E-state index in [0.29, 0.717) is 5.92 Å². The molecule has 2 saturated carbocycles. The second kappa shape index (κ2) is 6.77. The molecule has 2 fully saturated rings. The van der Waals surface area contributed by atoms with E-state index in [-0.39, 0.29) is 0 Å². The van der Waals surface area contributed by atoms with Crippen LogP contribution in [-0.2, 0) is 4.79 Å². The molecule has 0 radical (unpaired) electrons. The molecule has 0 atom stereocenters. The maximum Gasteiger partial charge on any atom is 0.123 e. The van der Waals surface area contributed by atoms with Gasteiger partial charge in [-0.05, 0) is 81.6 Å². The lowest BCUT2D eigenvalue weighted by atomic mass is 9.68. The summed E-state index contributed by atoms with van der Waals surface area (Å²) in [6.45, 7) is 2.16. The van der Waals surface area contributed by atoms with E-state index in [1.165, 1.54) is 50.4 Å². The van der Waals surface area contributed by atoms with E-state index in [4.69, 9.17) is 0 Å². The number of aryl methyl sites for hydroxylation is 1. The summed E-state index contributed by atoms with van der Waals surface area (Å²) in [7, 11) is 0. The summed E-state index contributed by atoms with van der Waals surface area (Å²) in [5.74, 6) is 2.98. The van der Waals surface area contributed by atoms with Gasteiger partial charge in [-0.25, -0.2) is 0 Å². The first-order valence-electron chi connectivity index (χ1n) is 8.78. The van der Waals surface area contributed by atoms with Crippen molar-refractivity contribution < 1.29 is 4.79 Å². The van der Waals surface area contributed by atoms with Crippen LogP contribution in [0.1, 0.15) is 68.4 Å². The van der Waals surface area contributed by atoms with Crippen molar-refractivity contribution in [1.29, 1.82) is 0 Å². The van der Waals surface area contributed by atoms with Gasteiger partial charge in [-0.15, -0.1) is 0 Å². The van der Waals surface area contributed by atoms with Crippen molar-refractivity contribution in [2.75, 3.05) is 0 Å². The minimum Gasteiger partial charge on any atom is -0.303 e. The highest BCUT2D eigenvalue weighted by Crippen LogP contribution is 2.43. The first-order chi connectivity index (χ1) is 10.3. The Bertz CT molecular complexity index is 445. The Hall–Kier alpha value is -1.11. The van der Waals surface area contributed by atoms with Gasteiger partial charge >= 0.3 is 0 Å². The molecule has 0 bridgehead atoms. The molecule has 1 aromatic carbocycles. The fourth-order valence-corrected chi connectivity index (χ4v) is 4.52. The van der Waals surface area contributed by atoms with Gasteiger partial charge in [-0.2, -0.15) is 0 Å². The summed E-state index contributed by atoms with van der Waals surface area (Å²) in [4.78, 5) is 10.9. The van der Waals surface area contributed by atoms with Crippen LogP contribution in [0.25, 0.3) is 0 Å². The van der Waals surface area contributed by atoms with Crippen molar-refractivity contribution >= 4 is 6.29 Å². The molecular formula is C20H28O. The monoisotopic (exact) mass is 284 g/mol. The molecule has 1 aromatic rings. The van der Waals surface area contributed by atoms with Gasteiger partial charge < -0.3 is 4.79 Å². The Morgan fingerprint density at radius 3 is 1.86 bits per heavy atom. The van der Waals surface area contributed by atoms with Gasteiger partial charge in [-0.1, -0.05) is 29.8 Å². The van der Waals surface area contributed by atoms with E-state index in [0.717, 1.165) is 30.6 Å². The zero-order chi connectivity index (χ0) is 14.7. The van der Waals surface area contributed by atoms with Gasteiger partial charge in [0, 0.05) is 5.92 Å². The Labute approximate surface area is 129 Å². The Morgan fingerprint density at radius 1 is 0.810 bits per heavy atom. The van der Waals surface area contributed by atoms with E-state index in [1.54, 1.807) is 5.56 Å². The van der Waals surface area contributed by atoms with Crippen molar-refractivity contribution in [2.45, 2.75) is 64.2 Å². The average Bonchev–Trinajstić information content (AvgIpc) is 2.56. The van der Waals surface area contributed by atoms with Gasteiger partial charge in [0.05, 0.1) is 0 Å². The van der Waals surface area contributed by atoms with Crippen molar-refractivity contribution in [1.82, 2.24) is 0 Å². The van der Waals surface area contributed by atoms with Crippen LogP contribution < -0.4 is 0 Å². The van der Waals surface area contributed by atoms with E-state index in [9.17, 15) is 4.79 Å². The lowest BCUT2D eigenvalue weighted by molar-refractivity contribution is -0.112. The largest absolute Gasteiger partial charge is 0.303 e. The second-order valence-corrected chi connectivity index (χ2v) is 7.33. The molecular weight excluding hydrogens is 256 g/mol. The highest BCUT2D eigenvalue weighted by molar-refractivity contribution is 5.53. The van der Waals surface area contributed by atoms with Crippen molar-refractivity contribution in [3.05, 3.63) is 35.4 Å². The van der Waals surface area contributed by atoms with E-state index in [1.807, 2.05) is 0 Å². The predicted molar refractivity (Wildman–Crippen MR) is 87.4 cm³/mol. The summed E-state index contributed by atoms with van der Waals surface area (Å²) < 4.78 is 0. The standard InChI is InChI=1S/C20H28O/c1-15-2-6-17(7-3-15)19-10-12-20(13-11-19)18-8-4-16(14-21)5-9-18/h2-3,6-7,14,16,18-20H,4-5,8-13H2,1H3. The molecule has 0 saturated heterocycles. The lowest BCUT2D eigenvalue weighted by Gasteiger charge is -2.37. The average molecular weight is 284 g/mol. The third kappa shape index (κ3) is 3.56. The number of rotatable bonds is 3. The van der Waals surface area contributed by atoms with Crippen LogP contribution in [0, 0.1) is 24.7 Å². The van der Waals surface area contributed by atoms with Gasteiger partial charge in [0.15, 0.2) is 0 Å². The highest BCUT2D eigenvalue weighted by Gasteiger charge is 2.31. The van der Waals surface area contributed by atoms with Crippen LogP contribution in [0.5, 0.6) is 0 Å². The number of carbonyl (C=O) groups excluding carboxylic acids is 1. The molecule has 1 nitrogen and oxygen atoms in total. The molecule has 0 N–H and O–H groups in total. The zero-order valence-corrected chi connectivity index (χ0v) is 13.3. The Kier molecular flexibility index (Phi) is 4.77. The minimum atomic E-state index is 0.366. The topological polar surface area (TPSA) is 17.1 Å².